The first kappa shape index (κ1) is 21.5. The van der Waals surface area contributed by atoms with Crippen LogP contribution in [-0.2, 0) is 21.3 Å². The van der Waals surface area contributed by atoms with Crippen LogP contribution in [0.3, 0.4) is 0 Å². The molecule has 0 aliphatic carbocycles. The molecule has 1 N–H and O–H groups in total. The Morgan fingerprint density at radius 1 is 1.25 bits per heavy atom. The fourth-order valence-corrected chi connectivity index (χ4v) is 3.60. The number of nitrogens with zero attached hydrogens (tertiary/aromatic N) is 2. The van der Waals surface area contributed by atoms with E-state index in [1.807, 2.05) is 0 Å². The van der Waals surface area contributed by atoms with E-state index in [1.54, 1.807) is 45.0 Å². The van der Waals surface area contributed by atoms with E-state index in [0.29, 0.717) is 17.0 Å². The standard InChI is InChI=1S/C19H25N3O5S/c1-19(2,3)27-18(23)21-12-14-11-15(26-5)8-9-17(14)22(4)28(24,25)16-7-6-10-20-13-16/h6-11,13H,12H2,1-5H3,(H,21,23). The van der Waals surface area contributed by atoms with Crippen molar-refractivity contribution in [3.63, 3.8) is 0 Å². The molecule has 2 rings (SSSR count). The highest BCUT2D eigenvalue weighted by molar-refractivity contribution is 7.92. The highest BCUT2D eigenvalue weighted by Gasteiger charge is 2.24. The maximum absolute atomic E-state index is 12.9. The van der Waals surface area contributed by atoms with Crippen molar-refractivity contribution in [3.8, 4) is 5.75 Å². The van der Waals surface area contributed by atoms with Crippen LogP contribution in [0.5, 0.6) is 5.75 Å². The predicted molar refractivity (Wildman–Crippen MR) is 106 cm³/mol. The van der Waals surface area contributed by atoms with E-state index < -0.39 is 21.7 Å². The van der Waals surface area contributed by atoms with E-state index in [1.165, 1.54) is 32.6 Å². The Labute approximate surface area is 165 Å². The number of ether oxygens (including phenoxy) is 2. The lowest BCUT2D eigenvalue weighted by Crippen LogP contribution is -2.33. The SMILES string of the molecule is COc1ccc(N(C)S(=O)(=O)c2cccnc2)c(CNC(=O)OC(C)(C)C)c1. The fourth-order valence-electron chi connectivity index (χ4n) is 2.41. The van der Waals surface area contributed by atoms with Gasteiger partial charge in [0.1, 0.15) is 16.2 Å². The minimum atomic E-state index is -3.82. The summed E-state index contributed by atoms with van der Waals surface area (Å²) in [6.45, 7) is 5.35. The summed E-state index contributed by atoms with van der Waals surface area (Å²) in [5, 5.41) is 2.64. The van der Waals surface area contributed by atoms with E-state index in [-0.39, 0.29) is 11.4 Å². The van der Waals surface area contributed by atoms with Crippen molar-refractivity contribution in [1.29, 1.82) is 0 Å². The van der Waals surface area contributed by atoms with Gasteiger partial charge in [-0.1, -0.05) is 0 Å². The van der Waals surface area contributed by atoms with Gasteiger partial charge < -0.3 is 14.8 Å². The number of benzene rings is 1. The summed E-state index contributed by atoms with van der Waals surface area (Å²) in [7, 11) is -0.860. The molecule has 152 valence electrons. The van der Waals surface area contributed by atoms with Gasteiger partial charge >= 0.3 is 6.09 Å². The van der Waals surface area contributed by atoms with Crippen molar-refractivity contribution in [2.75, 3.05) is 18.5 Å². The molecule has 1 heterocycles. The minimum Gasteiger partial charge on any atom is -0.497 e. The van der Waals surface area contributed by atoms with E-state index in [9.17, 15) is 13.2 Å². The molecular formula is C19H25N3O5S. The number of carbonyl (C=O) groups excluding carboxylic acids is 1. The van der Waals surface area contributed by atoms with Gasteiger partial charge in [0.25, 0.3) is 10.0 Å². The Morgan fingerprint density at radius 2 is 1.96 bits per heavy atom. The van der Waals surface area contributed by atoms with Gasteiger partial charge in [-0.15, -0.1) is 0 Å². The molecule has 0 atom stereocenters. The Hall–Kier alpha value is -2.81. The monoisotopic (exact) mass is 407 g/mol. The van der Waals surface area contributed by atoms with Gasteiger partial charge in [0.15, 0.2) is 0 Å². The number of alkyl carbamates (subject to hydrolysis) is 1. The molecule has 0 fully saturated rings. The van der Waals surface area contributed by atoms with E-state index in [4.69, 9.17) is 9.47 Å². The third-order valence-electron chi connectivity index (χ3n) is 3.74. The zero-order chi connectivity index (χ0) is 20.9. The number of methoxy groups -OCH3 is 1. The molecule has 1 amide bonds. The van der Waals surface area contributed by atoms with Gasteiger partial charge in [-0.3, -0.25) is 9.29 Å². The van der Waals surface area contributed by atoms with Crippen molar-refractivity contribution in [2.24, 2.45) is 0 Å². The van der Waals surface area contributed by atoms with Gasteiger partial charge in [-0.05, 0) is 56.7 Å². The maximum atomic E-state index is 12.9. The van der Waals surface area contributed by atoms with Crippen molar-refractivity contribution in [3.05, 3.63) is 48.3 Å². The molecule has 0 unspecified atom stereocenters. The summed E-state index contributed by atoms with van der Waals surface area (Å²) >= 11 is 0. The molecule has 0 spiro atoms. The highest BCUT2D eigenvalue weighted by Crippen LogP contribution is 2.29. The molecular weight excluding hydrogens is 382 g/mol. The third-order valence-corrected chi connectivity index (χ3v) is 5.50. The number of anilines is 1. The molecule has 8 nitrogen and oxygen atoms in total. The van der Waals surface area contributed by atoms with Gasteiger partial charge in [0, 0.05) is 26.0 Å². The first-order valence-electron chi connectivity index (χ1n) is 8.57. The topological polar surface area (TPSA) is 97.8 Å². The van der Waals surface area contributed by atoms with Gasteiger partial charge in [0.2, 0.25) is 0 Å². The lowest BCUT2D eigenvalue weighted by atomic mass is 10.1. The number of sulfonamides is 1. The van der Waals surface area contributed by atoms with Gasteiger partial charge in [0.05, 0.1) is 12.8 Å². The van der Waals surface area contributed by atoms with Gasteiger partial charge in [-0.25, -0.2) is 13.2 Å². The average Bonchev–Trinajstić information content (AvgIpc) is 2.64. The van der Waals surface area contributed by atoms with Crippen LogP contribution in [0.1, 0.15) is 26.3 Å². The Kier molecular flexibility index (Phi) is 6.50. The first-order chi connectivity index (χ1) is 13.0. The quantitative estimate of drug-likeness (QED) is 0.791. The van der Waals surface area contributed by atoms with Crippen LogP contribution in [0.25, 0.3) is 0 Å². The first-order valence-corrected chi connectivity index (χ1v) is 10.0. The summed E-state index contributed by atoms with van der Waals surface area (Å²) < 4.78 is 37.4. The summed E-state index contributed by atoms with van der Waals surface area (Å²) in [4.78, 5) is 15.9. The highest BCUT2D eigenvalue weighted by atomic mass is 32.2. The molecule has 0 aliphatic rings. The molecule has 0 saturated heterocycles. The summed E-state index contributed by atoms with van der Waals surface area (Å²) in [5.74, 6) is 0.539. The Balaban J connectivity index is 2.32. The summed E-state index contributed by atoms with van der Waals surface area (Å²) in [6, 6.07) is 7.98. The van der Waals surface area contributed by atoms with E-state index in [0.717, 1.165) is 4.31 Å². The summed E-state index contributed by atoms with van der Waals surface area (Å²) in [5.41, 5.74) is 0.322. The maximum Gasteiger partial charge on any atom is 0.407 e. The zero-order valence-corrected chi connectivity index (χ0v) is 17.4. The molecule has 0 saturated carbocycles. The van der Waals surface area contributed by atoms with Crippen LogP contribution in [0.4, 0.5) is 10.5 Å². The van der Waals surface area contributed by atoms with Gasteiger partial charge in [-0.2, -0.15) is 0 Å². The number of aromatic nitrogens is 1. The second kappa shape index (κ2) is 8.47. The minimum absolute atomic E-state index is 0.0638. The predicted octanol–water partition coefficient (Wildman–Crippen LogP) is 2.94. The van der Waals surface area contributed by atoms with Crippen LogP contribution < -0.4 is 14.4 Å². The summed E-state index contributed by atoms with van der Waals surface area (Å²) in [6.07, 6.45) is 2.19. The zero-order valence-electron chi connectivity index (χ0n) is 16.6. The van der Waals surface area contributed by atoms with E-state index in [2.05, 4.69) is 10.3 Å². The number of carbonyl (C=O) groups is 1. The number of nitrogens with one attached hydrogen (secondary N) is 1. The molecule has 28 heavy (non-hydrogen) atoms. The van der Waals surface area contributed by atoms with Crippen molar-refractivity contribution in [1.82, 2.24) is 10.3 Å². The molecule has 0 aliphatic heterocycles. The second-order valence-electron chi connectivity index (χ2n) is 7.01. The van der Waals surface area contributed by atoms with Crippen molar-refractivity contribution >= 4 is 21.8 Å². The lowest BCUT2D eigenvalue weighted by Gasteiger charge is -2.24. The van der Waals surface area contributed by atoms with E-state index >= 15 is 0 Å². The largest absolute Gasteiger partial charge is 0.497 e. The molecule has 1 aromatic heterocycles. The third kappa shape index (κ3) is 5.35. The number of hydrogen-bond donors (Lipinski definition) is 1. The van der Waals surface area contributed by atoms with Crippen LogP contribution >= 0.6 is 0 Å². The Morgan fingerprint density at radius 3 is 2.54 bits per heavy atom. The van der Waals surface area contributed by atoms with Crippen LogP contribution in [-0.4, -0.2) is 39.3 Å². The van der Waals surface area contributed by atoms with Crippen LogP contribution in [0, 0.1) is 0 Å². The number of amides is 1. The fraction of sp³-hybridized carbons (Fsp3) is 0.368. The van der Waals surface area contributed by atoms with Crippen LogP contribution in [0.2, 0.25) is 0 Å². The lowest BCUT2D eigenvalue weighted by molar-refractivity contribution is 0.0523. The smallest absolute Gasteiger partial charge is 0.407 e. The van der Waals surface area contributed by atoms with Crippen molar-refractivity contribution < 1.29 is 22.7 Å². The average molecular weight is 407 g/mol. The van der Waals surface area contributed by atoms with Crippen molar-refractivity contribution in [2.45, 2.75) is 37.8 Å². The Bertz CT molecular complexity index is 924. The van der Waals surface area contributed by atoms with Crippen LogP contribution in [0.15, 0.2) is 47.6 Å². The number of pyridine rings is 1. The normalized spacial score (nSPS) is 11.6. The molecule has 0 bridgehead atoms. The molecule has 1 aromatic carbocycles. The number of hydrogen-bond acceptors (Lipinski definition) is 6. The molecule has 2 aromatic rings. The molecule has 9 heteroatoms. The molecule has 0 radical (unpaired) electrons. The second-order valence-corrected chi connectivity index (χ2v) is 8.98. The number of rotatable bonds is 6.